The molecule has 3 aromatic rings. The third-order valence-electron chi connectivity index (χ3n) is 7.31. The van der Waals surface area contributed by atoms with Crippen molar-refractivity contribution in [3.05, 3.63) is 65.2 Å². The summed E-state index contributed by atoms with van der Waals surface area (Å²) in [7, 11) is 0. The van der Waals surface area contributed by atoms with E-state index in [2.05, 4.69) is 36.2 Å². The number of benzene rings is 2. The van der Waals surface area contributed by atoms with E-state index >= 15 is 0 Å². The molecule has 45 heavy (non-hydrogen) atoms. The Morgan fingerprint density at radius 1 is 0.667 bits per heavy atom. The first kappa shape index (κ1) is 33.5. The summed E-state index contributed by atoms with van der Waals surface area (Å²) in [5.74, 6) is -3.14. The lowest BCUT2D eigenvalue weighted by atomic mass is 10.1. The first-order valence-electron chi connectivity index (χ1n) is 15.8. The number of amides is 2. The van der Waals surface area contributed by atoms with Crippen LogP contribution in [0.2, 0.25) is 0 Å². The van der Waals surface area contributed by atoms with E-state index in [1.165, 1.54) is 32.1 Å². The summed E-state index contributed by atoms with van der Waals surface area (Å²) < 4.78 is 32.1. The van der Waals surface area contributed by atoms with Gasteiger partial charge in [-0.05, 0) is 54.8 Å². The molecule has 0 spiro atoms. The minimum atomic E-state index is -3.08. The van der Waals surface area contributed by atoms with Crippen LogP contribution in [0.3, 0.4) is 0 Å². The van der Waals surface area contributed by atoms with Crippen LogP contribution in [0.1, 0.15) is 97.4 Å². The number of halogens is 2. The summed E-state index contributed by atoms with van der Waals surface area (Å²) in [6, 6.07) is 13.7. The topological polar surface area (TPSA) is 130 Å². The van der Waals surface area contributed by atoms with Crippen molar-refractivity contribution in [2.45, 2.75) is 83.6 Å². The average molecular weight is 624 g/mol. The zero-order valence-electron chi connectivity index (χ0n) is 25.8. The van der Waals surface area contributed by atoms with Crippen LogP contribution in [-0.2, 0) is 6.54 Å². The molecular formula is C33H43F2N7O3. The monoisotopic (exact) mass is 623 g/mol. The number of carbonyl (C=O) groups excluding carboxylic acids is 2. The largest absolute Gasteiger partial charge is 0.457 e. The average Bonchev–Trinajstić information content (AvgIpc) is 3.02. The minimum absolute atomic E-state index is 0.0748. The number of ether oxygens (including phenoxy) is 1. The highest BCUT2D eigenvalue weighted by molar-refractivity contribution is 5.94. The summed E-state index contributed by atoms with van der Waals surface area (Å²) in [5, 5.41) is 12.1. The molecule has 3 aliphatic rings. The van der Waals surface area contributed by atoms with Gasteiger partial charge in [0.15, 0.2) is 6.61 Å². The second kappa shape index (κ2) is 17.2. The number of anilines is 3. The standard InChI is InChI=1S/C33H43F2N7O3/c1-33(34,35)23-45-32-41-30-38-22-24-12-14-25(15-13-24)28(43)36-20-10-8-6-4-2-3-5-7-9-11-21-37-29(44)26-16-18-27(19-17-26)39-31(40-30)42-32/h12-19H,2-11,20-23H2,1H3,(H,36,43)(H,37,44)(H2,38,39,40,41,42). The summed E-state index contributed by atoms with van der Waals surface area (Å²) >= 11 is 0. The first-order chi connectivity index (χ1) is 21.7. The molecule has 6 rings (SSSR count). The van der Waals surface area contributed by atoms with Crippen molar-refractivity contribution in [3.8, 4) is 6.01 Å². The lowest BCUT2D eigenvalue weighted by Crippen LogP contribution is -2.24. The van der Waals surface area contributed by atoms with Gasteiger partial charge >= 0.3 is 6.01 Å². The van der Waals surface area contributed by atoms with Crippen molar-refractivity contribution in [2.75, 3.05) is 30.3 Å². The van der Waals surface area contributed by atoms with Crippen molar-refractivity contribution in [2.24, 2.45) is 0 Å². The number of nitrogens with one attached hydrogen (secondary N) is 4. The molecule has 12 heteroatoms. The van der Waals surface area contributed by atoms with Gasteiger partial charge in [-0.3, -0.25) is 9.59 Å². The van der Waals surface area contributed by atoms with Gasteiger partial charge in [0.25, 0.3) is 17.7 Å². The molecule has 242 valence electrons. The lowest BCUT2D eigenvalue weighted by molar-refractivity contribution is -0.0256. The molecule has 0 radical (unpaired) electrons. The smallest absolute Gasteiger partial charge is 0.323 e. The van der Waals surface area contributed by atoms with E-state index in [0.717, 1.165) is 44.6 Å². The maximum atomic E-state index is 13.5. The van der Waals surface area contributed by atoms with Crippen LogP contribution in [0.15, 0.2) is 48.5 Å². The Bertz CT molecular complexity index is 1370. The second-order valence-corrected chi connectivity index (χ2v) is 11.4. The molecule has 10 nitrogen and oxygen atoms in total. The molecule has 0 fully saturated rings. The van der Waals surface area contributed by atoms with Crippen molar-refractivity contribution in [3.63, 3.8) is 0 Å². The van der Waals surface area contributed by atoms with Crippen LogP contribution < -0.4 is 26.0 Å². The van der Waals surface area contributed by atoms with Gasteiger partial charge < -0.3 is 26.0 Å². The zero-order valence-corrected chi connectivity index (χ0v) is 25.8. The molecule has 0 aliphatic carbocycles. The minimum Gasteiger partial charge on any atom is -0.457 e. The fraction of sp³-hybridized carbons (Fsp3) is 0.485. The van der Waals surface area contributed by atoms with E-state index in [0.29, 0.717) is 36.4 Å². The number of hydrogen-bond acceptors (Lipinski definition) is 8. The fourth-order valence-corrected chi connectivity index (χ4v) is 4.81. The molecule has 0 saturated heterocycles. The summed E-state index contributed by atoms with van der Waals surface area (Å²) in [6.07, 6.45) is 11.3. The Labute approximate surface area is 263 Å². The zero-order chi connectivity index (χ0) is 31.9. The Hall–Kier alpha value is -4.35. The summed E-state index contributed by atoms with van der Waals surface area (Å²) in [4.78, 5) is 37.8. The highest BCUT2D eigenvalue weighted by Crippen LogP contribution is 2.20. The number of carbonyl (C=O) groups is 2. The van der Waals surface area contributed by atoms with Gasteiger partial charge in [0.05, 0.1) is 0 Å². The Morgan fingerprint density at radius 2 is 1.16 bits per heavy atom. The van der Waals surface area contributed by atoms with Gasteiger partial charge in [-0.1, -0.05) is 63.5 Å². The number of aromatic nitrogens is 3. The number of alkyl halides is 2. The summed E-state index contributed by atoms with van der Waals surface area (Å²) in [5.41, 5.74) is 2.54. The highest BCUT2D eigenvalue weighted by atomic mass is 19.3. The van der Waals surface area contributed by atoms with Crippen molar-refractivity contribution >= 4 is 29.4 Å². The lowest BCUT2D eigenvalue weighted by Gasteiger charge is -2.13. The molecule has 4 N–H and O–H groups in total. The van der Waals surface area contributed by atoms with Crippen LogP contribution in [0.4, 0.5) is 26.4 Å². The molecule has 6 bridgehead atoms. The quantitative estimate of drug-likeness (QED) is 0.256. The van der Waals surface area contributed by atoms with E-state index in [4.69, 9.17) is 4.74 Å². The highest BCUT2D eigenvalue weighted by Gasteiger charge is 2.23. The first-order valence-corrected chi connectivity index (χ1v) is 15.8. The predicted molar refractivity (Wildman–Crippen MR) is 170 cm³/mol. The van der Waals surface area contributed by atoms with E-state index in [9.17, 15) is 18.4 Å². The summed E-state index contributed by atoms with van der Waals surface area (Å²) in [6.45, 7) is 1.42. The van der Waals surface area contributed by atoms with Crippen LogP contribution >= 0.6 is 0 Å². The van der Waals surface area contributed by atoms with E-state index in [1.807, 2.05) is 12.1 Å². The molecular weight excluding hydrogens is 580 g/mol. The van der Waals surface area contributed by atoms with E-state index < -0.39 is 12.5 Å². The number of hydrogen-bond donors (Lipinski definition) is 4. The number of fused-ring (bicyclic) bond motifs is 2. The molecule has 0 saturated carbocycles. The third kappa shape index (κ3) is 12.3. The molecule has 2 aromatic carbocycles. The van der Waals surface area contributed by atoms with Crippen molar-refractivity contribution in [1.82, 2.24) is 25.6 Å². The van der Waals surface area contributed by atoms with Gasteiger partial charge in [0, 0.05) is 43.4 Å². The molecule has 3 aliphatic heterocycles. The Kier molecular flexibility index (Phi) is 12.8. The van der Waals surface area contributed by atoms with Gasteiger partial charge in [-0.2, -0.15) is 15.0 Å². The third-order valence-corrected chi connectivity index (χ3v) is 7.31. The Morgan fingerprint density at radius 3 is 1.69 bits per heavy atom. The van der Waals surface area contributed by atoms with Crippen molar-refractivity contribution < 1.29 is 23.1 Å². The van der Waals surface area contributed by atoms with Crippen LogP contribution in [-0.4, -0.2) is 52.4 Å². The fourth-order valence-electron chi connectivity index (χ4n) is 4.81. The van der Waals surface area contributed by atoms with Gasteiger partial charge in [-0.25, -0.2) is 8.78 Å². The van der Waals surface area contributed by atoms with Gasteiger partial charge in [0.2, 0.25) is 11.9 Å². The van der Waals surface area contributed by atoms with Gasteiger partial charge in [-0.15, -0.1) is 0 Å². The molecule has 1 aromatic heterocycles. The molecule has 0 unspecified atom stereocenters. The maximum Gasteiger partial charge on any atom is 0.323 e. The number of nitrogens with zero attached hydrogens (tertiary/aromatic N) is 3. The van der Waals surface area contributed by atoms with E-state index in [1.54, 1.807) is 36.4 Å². The SMILES string of the molecule is CC(F)(F)COc1nc2nc(n1)Nc1ccc(cc1)C(=O)NCCCCCCCCCCCCNC(=O)c1ccc(cc1)CN2. The van der Waals surface area contributed by atoms with Crippen LogP contribution in [0.25, 0.3) is 0 Å². The molecule has 4 heterocycles. The van der Waals surface area contributed by atoms with Crippen LogP contribution in [0, 0.1) is 0 Å². The van der Waals surface area contributed by atoms with Crippen LogP contribution in [0.5, 0.6) is 6.01 Å². The van der Waals surface area contributed by atoms with E-state index in [-0.39, 0.29) is 29.7 Å². The Balaban J connectivity index is 1.46. The second-order valence-electron chi connectivity index (χ2n) is 11.4. The normalized spacial score (nSPS) is 16.5. The van der Waals surface area contributed by atoms with Gasteiger partial charge in [0.1, 0.15) is 0 Å². The molecule has 0 atom stereocenters. The van der Waals surface area contributed by atoms with Crippen molar-refractivity contribution in [1.29, 1.82) is 0 Å². The predicted octanol–water partition coefficient (Wildman–Crippen LogP) is 6.64. The molecule has 2 amide bonds. The number of rotatable bonds is 3. The maximum absolute atomic E-state index is 13.5.